The molecule has 2 amide bonds. The second-order valence-electron chi connectivity index (χ2n) is 4.84. The molecule has 5 nitrogen and oxygen atoms in total. The Morgan fingerprint density at radius 3 is 2.90 bits per heavy atom. The van der Waals surface area contributed by atoms with Gasteiger partial charge in [-0.25, -0.2) is 4.79 Å². The Kier molecular flexibility index (Phi) is 5.39. The van der Waals surface area contributed by atoms with E-state index in [1.54, 1.807) is 4.90 Å². The zero-order valence-electron chi connectivity index (χ0n) is 11.4. The Morgan fingerprint density at radius 1 is 1.55 bits per heavy atom. The Bertz CT molecular complexity index is 452. The van der Waals surface area contributed by atoms with Gasteiger partial charge in [-0.15, -0.1) is 0 Å². The van der Waals surface area contributed by atoms with Gasteiger partial charge in [0.1, 0.15) is 0 Å². The minimum atomic E-state index is -0.280. The fraction of sp³-hybridized carbons (Fsp3) is 0.500. The van der Waals surface area contributed by atoms with Crippen LogP contribution in [-0.4, -0.2) is 48.4 Å². The lowest BCUT2D eigenvalue weighted by Gasteiger charge is -2.33. The highest BCUT2D eigenvalue weighted by Gasteiger charge is 2.24. The zero-order chi connectivity index (χ0) is 14.5. The van der Waals surface area contributed by atoms with Gasteiger partial charge >= 0.3 is 6.03 Å². The van der Waals surface area contributed by atoms with Crippen LogP contribution in [0, 0.1) is 0 Å². The lowest BCUT2D eigenvalue weighted by Crippen LogP contribution is -2.50. The third-order valence-corrected chi connectivity index (χ3v) is 3.87. The molecule has 20 heavy (non-hydrogen) atoms. The van der Waals surface area contributed by atoms with Crippen molar-refractivity contribution in [3.8, 4) is 0 Å². The Labute approximate surface area is 127 Å². The van der Waals surface area contributed by atoms with Gasteiger partial charge in [0.05, 0.1) is 31.9 Å². The van der Waals surface area contributed by atoms with E-state index in [4.69, 9.17) is 9.84 Å². The fourth-order valence-corrected chi connectivity index (χ4v) is 2.39. The van der Waals surface area contributed by atoms with Crippen molar-refractivity contribution >= 4 is 22.0 Å². The predicted octanol–water partition coefficient (Wildman–Crippen LogP) is 1.91. The summed E-state index contributed by atoms with van der Waals surface area (Å²) in [5.41, 5.74) is 1.05. The number of urea groups is 1. The number of rotatable bonds is 3. The van der Waals surface area contributed by atoms with Crippen molar-refractivity contribution in [1.82, 2.24) is 10.2 Å². The Hall–Kier alpha value is -1.11. The summed E-state index contributed by atoms with van der Waals surface area (Å²) >= 11 is 3.39. The van der Waals surface area contributed by atoms with E-state index in [-0.39, 0.29) is 24.8 Å². The molecule has 1 aliphatic heterocycles. The topological polar surface area (TPSA) is 61.8 Å². The molecule has 0 aliphatic carbocycles. The summed E-state index contributed by atoms with van der Waals surface area (Å²) in [6.07, 6.45) is -0.280. The van der Waals surface area contributed by atoms with Crippen LogP contribution in [0.1, 0.15) is 18.5 Å². The summed E-state index contributed by atoms with van der Waals surface area (Å²) in [6, 6.07) is 7.67. The van der Waals surface area contributed by atoms with Crippen molar-refractivity contribution in [2.24, 2.45) is 0 Å². The lowest BCUT2D eigenvalue weighted by atomic mass is 10.1. The Morgan fingerprint density at radius 2 is 2.25 bits per heavy atom. The second-order valence-corrected chi connectivity index (χ2v) is 5.76. The number of ether oxygens (including phenoxy) is 1. The van der Waals surface area contributed by atoms with Crippen molar-refractivity contribution in [3.63, 3.8) is 0 Å². The largest absolute Gasteiger partial charge is 0.394 e. The molecule has 2 atom stereocenters. The summed E-state index contributed by atoms with van der Waals surface area (Å²) in [5.74, 6) is 0. The third-order valence-electron chi connectivity index (χ3n) is 3.34. The lowest BCUT2D eigenvalue weighted by molar-refractivity contribution is -0.0404. The minimum Gasteiger partial charge on any atom is -0.394 e. The number of amides is 2. The normalized spacial score (nSPS) is 20.6. The van der Waals surface area contributed by atoms with E-state index in [1.165, 1.54) is 0 Å². The summed E-state index contributed by atoms with van der Waals surface area (Å²) < 4.78 is 6.35. The van der Waals surface area contributed by atoms with Crippen molar-refractivity contribution in [3.05, 3.63) is 34.3 Å². The van der Waals surface area contributed by atoms with E-state index >= 15 is 0 Å². The van der Waals surface area contributed by atoms with E-state index in [0.29, 0.717) is 19.7 Å². The van der Waals surface area contributed by atoms with Gasteiger partial charge in [-0.3, -0.25) is 0 Å². The van der Waals surface area contributed by atoms with E-state index in [2.05, 4.69) is 21.2 Å². The molecule has 1 aliphatic rings. The molecule has 1 fully saturated rings. The quantitative estimate of drug-likeness (QED) is 0.881. The molecule has 6 heteroatoms. The van der Waals surface area contributed by atoms with Gasteiger partial charge < -0.3 is 20.1 Å². The number of carbonyl (C=O) groups excluding carboxylic acids is 1. The molecule has 1 aromatic rings. The molecule has 2 rings (SSSR count). The van der Waals surface area contributed by atoms with Gasteiger partial charge in [0.15, 0.2) is 0 Å². The number of morpholine rings is 1. The zero-order valence-corrected chi connectivity index (χ0v) is 13.0. The molecule has 1 saturated heterocycles. The number of aliphatic hydroxyl groups excluding tert-OH is 1. The van der Waals surface area contributed by atoms with Crippen LogP contribution in [0.25, 0.3) is 0 Å². The van der Waals surface area contributed by atoms with Gasteiger partial charge in [0, 0.05) is 11.0 Å². The van der Waals surface area contributed by atoms with Gasteiger partial charge in [0.2, 0.25) is 0 Å². The molecule has 2 N–H and O–H groups in total. The van der Waals surface area contributed by atoms with Crippen LogP contribution in [0.15, 0.2) is 28.7 Å². The van der Waals surface area contributed by atoms with Gasteiger partial charge in [-0.05, 0) is 24.6 Å². The molecule has 110 valence electrons. The predicted molar refractivity (Wildman–Crippen MR) is 79.5 cm³/mol. The molecular weight excluding hydrogens is 324 g/mol. The average Bonchev–Trinajstić information content (AvgIpc) is 2.47. The molecule has 0 saturated carbocycles. The molecular formula is C14H19BrN2O3. The fourth-order valence-electron chi connectivity index (χ4n) is 2.13. The smallest absolute Gasteiger partial charge is 0.318 e. The molecule has 1 heterocycles. The second kappa shape index (κ2) is 7.06. The van der Waals surface area contributed by atoms with Crippen molar-refractivity contribution < 1.29 is 14.6 Å². The maximum atomic E-state index is 12.2. The number of nitrogens with one attached hydrogen (secondary N) is 1. The number of halogens is 1. The molecule has 1 aromatic carbocycles. The molecule has 0 unspecified atom stereocenters. The van der Waals surface area contributed by atoms with Crippen LogP contribution < -0.4 is 5.32 Å². The average molecular weight is 343 g/mol. The highest BCUT2D eigenvalue weighted by atomic mass is 79.9. The van der Waals surface area contributed by atoms with E-state index in [1.807, 2.05) is 31.2 Å². The third kappa shape index (κ3) is 3.94. The molecule has 0 aromatic heterocycles. The number of hydrogen-bond acceptors (Lipinski definition) is 3. The van der Waals surface area contributed by atoms with Gasteiger partial charge in [0.25, 0.3) is 0 Å². The number of hydrogen-bond donors (Lipinski definition) is 2. The maximum Gasteiger partial charge on any atom is 0.318 e. The molecule has 0 radical (unpaired) electrons. The maximum absolute atomic E-state index is 12.2. The first-order chi connectivity index (χ1) is 9.60. The van der Waals surface area contributed by atoms with E-state index in [0.717, 1.165) is 10.0 Å². The molecule has 0 bridgehead atoms. The van der Waals surface area contributed by atoms with Gasteiger partial charge in [-0.2, -0.15) is 0 Å². The first-order valence-electron chi connectivity index (χ1n) is 6.63. The van der Waals surface area contributed by atoms with Crippen molar-refractivity contribution in [1.29, 1.82) is 0 Å². The first-order valence-corrected chi connectivity index (χ1v) is 7.43. The van der Waals surface area contributed by atoms with Crippen LogP contribution >= 0.6 is 15.9 Å². The van der Waals surface area contributed by atoms with E-state index < -0.39 is 0 Å². The highest BCUT2D eigenvalue weighted by Crippen LogP contribution is 2.17. The van der Waals surface area contributed by atoms with Crippen LogP contribution in [0.5, 0.6) is 0 Å². The number of aliphatic hydroxyl groups is 1. The van der Waals surface area contributed by atoms with Crippen molar-refractivity contribution in [2.45, 2.75) is 19.1 Å². The van der Waals surface area contributed by atoms with Crippen LogP contribution in [0.2, 0.25) is 0 Å². The van der Waals surface area contributed by atoms with Crippen LogP contribution in [0.3, 0.4) is 0 Å². The Balaban J connectivity index is 1.91. The SMILES string of the molecule is C[C@H](NC(=O)N1CCO[C@H](CO)C1)c1ccc(Br)cc1. The number of carbonyl (C=O) groups is 1. The standard InChI is InChI=1S/C14H19BrN2O3/c1-10(11-2-4-12(15)5-3-11)16-14(19)17-6-7-20-13(8-17)9-18/h2-5,10,13,18H,6-9H2,1H3,(H,16,19)/t10-,13-/m0/s1. The number of nitrogens with zero attached hydrogens (tertiary/aromatic N) is 1. The first kappa shape index (κ1) is 15.3. The van der Waals surface area contributed by atoms with Crippen molar-refractivity contribution in [2.75, 3.05) is 26.3 Å². The van der Waals surface area contributed by atoms with Crippen LogP contribution in [-0.2, 0) is 4.74 Å². The van der Waals surface area contributed by atoms with E-state index in [9.17, 15) is 4.79 Å². The van der Waals surface area contributed by atoms with Crippen LogP contribution in [0.4, 0.5) is 4.79 Å². The summed E-state index contributed by atoms with van der Waals surface area (Å²) in [4.78, 5) is 13.9. The monoisotopic (exact) mass is 342 g/mol. The minimum absolute atomic E-state index is 0.0634. The molecule has 0 spiro atoms. The van der Waals surface area contributed by atoms with Gasteiger partial charge in [-0.1, -0.05) is 28.1 Å². The summed E-state index contributed by atoms with van der Waals surface area (Å²) in [6.45, 7) is 3.33. The highest BCUT2D eigenvalue weighted by molar-refractivity contribution is 9.10. The summed E-state index contributed by atoms with van der Waals surface area (Å²) in [7, 11) is 0. The number of benzene rings is 1. The summed E-state index contributed by atoms with van der Waals surface area (Å²) in [5, 5.41) is 12.1.